The molecule has 0 radical (unpaired) electrons. The zero-order valence-electron chi connectivity index (χ0n) is 15.6. The molecule has 4 rings (SSSR count). The topological polar surface area (TPSA) is 89.2 Å². The maximum Gasteiger partial charge on any atom is 0.205 e. The third kappa shape index (κ3) is 3.00. The maximum atomic E-state index is 13.0. The lowest BCUT2D eigenvalue weighted by Gasteiger charge is -2.36. The molecule has 0 saturated heterocycles. The van der Waals surface area contributed by atoms with Crippen molar-refractivity contribution in [1.29, 1.82) is 5.26 Å². The van der Waals surface area contributed by atoms with E-state index in [9.17, 15) is 10.1 Å². The summed E-state index contributed by atoms with van der Waals surface area (Å²) in [6.07, 6.45) is 0.949. The molecule has 142 valence electrons. The van der Waals surface area contributed by atoms with Crippen molar-refractivity contribution in [2.24, 2.45) is 11.1 Å². The van der Waals surface area contributed by atoms with Crippen molar-refractivity contribution in [2.45, 2.75) is 32.6 Å². The Bertz CT molecular complexity index is 1090. The predicted octanol–water partition coefficient (Wildman–Crippen LogP) is 5.05. The van der Waals surface area contributed by atoms with Crippen LogP contribution in [-0.2, 0) is 9.53 Å². The zero-order valence-corrected chi connectivity index (χ0v) is 16.3. The number of ether oxygens (including phenoxy) is 1. The number of benzene rings is 1. The second-order valence-electron chi connectivity index (χ2n) is 7.88. The van der Waals surface area contributed by atoms with Crippen LogP contribution in [0.25, 0.3) is 11.3 Å². The molecule has 5 nitrogen and oxygen atoms in total. The van der Waals surface area contributed by atoms with Gasteiger partial charge in [-0.1, -0.05) is 37.6 Å². The van der Waals surface area contributed by atoms with Crippen LogP contribution in [0.15, 0.2) is 63.6 Å². The molecule has 0 saturated carbocycles. The molecule has 0 bridgehead atoms. The zero-order chi connectivity index (χ0) is 20.1. The summed E-state index contributed by atoms with van der Waals surface area (Å²) in [6, 6.07) is 13.0. The second-order valence-corrected chi connectivity index (χ2v) is 8.29. The van der Waals surface area contributed by atoms with E-state index in [-0.39, 0.29) is 22.7 Å². The van der Waals surface area contributed by atoms with Crippen LogP contribution in [0.2, 0.25) is 5.02 Å². The van der Waals surface area contributed by atoms with E-state index in [2.05, 4.69) is 6.07 Å². The number of allylic oxidation sites excluding steroid dienone is 3. The summed E-state index contributed by atoms with van der Waals surface area (Å²) < 4.78 is 11.7. The number of hydrogen-bond acceptors (Lipinski definition) is 5. The minimum Gasteiger partial charge on any atom is -0.460 e. The number of carbonyl (C=O) groups is 1. The number of hydrogen-bond donors (Lipinski definition) is 1. The summed E-state index contributed by atoms with van der Waals surface area (Å²) >= 11 is 6.27. The fraction of sp³-hybridized carbons (Fsp3) is 0.273. The molecule has 1 unspecified atom stereocenters. The number of carbonyl (C=O) groups excluding carboxylic acids is 1. The summed E-state index contributed by atoms with van der Waals surface area (Å²) in [5.74, 6) is 0.860. The molecule has 1 aromatic heterocycles. The number of nitrogens with two attached hydrogens (primary N) is 1. The molecule has 2 aliphatic rings. The van der Waals surface area contributed by atoms with Gasteiger partial charge in [0.25, 0.3) is 0 Å². The van der Waals surface area contributed by atoms with Gasteiger partial charge in [-0.3, -0.25) is 4.79 Å². The molecule has 1 aliphatic carbocycles. The van der Waals surface area contributed by atoms with Crippen LogP contribution in [0.3, 0.4) is 0 Å². The Balaban J connectivity index is 1.84. The van der Waals surface area contributed by atoms with Gasteiger partial charge in [0.05, 0.1) is 10.9 Å². The van der Waals surface area contributed by atoms with E-state index in [0.717, 1.165) is 5.56 Å². The standard InChI is InChI=1S/C22H19ClN2O3/c1-22(2)9-15(26)20-18(10-22)28-21(25)13(11-24)19(20)17-8-7-16(27-17)12-5-3-4-6-14(12)23/h3-8,19H,9-10,25H2,1-2H3. The van der Waals surface area contributed by atoms with Gasteiger partial charge in [0.2, 0.25) is 5.88 Å². The van der Waals surface area contributed by atoms with Gasteiger partial charge in [-0.2, -0.15) is 5.26 Å². The van der Waals surface area contributed by atoms with Gasteiger partial charge < -0.3 is 14.9 Å². The Morgan fingerprint density at radius 2 is 1.96 bits per heavy atom. The first-order valence-corrected chi connectivity index (χ1v) is 9.37. The second kappa shape index (κ2) is 6.57. The molecule has 2 N–H and O–H groups in total. The number of ketones is 1. The Kier molecular flexibility index (Phi) is 4.32. The van der Waals surface area contributed by atoms with Gasteiger partial charge >= 0.3 is 0 Å². The van der Waals surface area contributed by atoms with Crippen LogP contribution < -0.4 is 5.73 Å². The average Bonchev–Trinajstić information content (AvgIpc) is 3.09. The highest BCUT2D eigenvalue weighted by atomic mass is 35.5. The van der Waals surface area contributed by atoms with Gasteiger partial charge in [-0.25, -0.2) is 0 Å². The monoisotopic (exact) mass is 394 g/mol. The fourth-order valence-electron chi connectivity index (χ4n) is 3.88. The van der Waals surface area contributed by atoms with E-state index < -0.39 is 5.92 Å². The van der Waals surface area contributed by atoms with Crippen molar-refractivity contribution in [3.05, 3.63) is 70.0 Å². The molecule has 1 atom stereocenters. The number of furan rings is 1. The Hall–Kier alpha value is -2.97. The van der Waals surface area contributed by atoms with Crippen molar-refractivity contribution in [1.82, 2.24) is 0 Å². The molecule has 0 spiro atoms. The largest absolute Gasteiger partial charge is 0.460 e. The molecule has 1 aromatic carbocycles. The minimum absolute atomic E-state index is 0.0208. The molecule has 2 heterocycles. The van der Waals surface area contributed by atoms with Crippen molar-refractivity contribution in [3.8, 4) is 17.4 Å². The van der Waals surface area contributed by atoms with Gasteiger partial charge in [0.1, 0.15) is 28.9 Å². The molecule has 1 aliphatic heterocycles. The van der Waals surface area contributed by atoms with Gasteiger partial charge in [-0.05, 0) is 29.7 Å². The van der Waals surface area contributed by atoms with Crippen LogP contribution in [0.5, 0.6) is 0 Å². The summed E-state index contributed by atoms with van der Waals surface area (Å²) in [6.45, 7) is 4.02. The molecule has 28 heavy (non-hydrogen) atoms. The first-order valence-electron chi connectivity index (χ1n) is 8.99. The highest BCUT2D eigenvalue weighted by Gasteiger charge is 2.44. The normalized spacial score (nSPS) is 21.2. The van der Waals surface area contributed by atoms with E-state index in [1.165, 1.54) is 0 Å². The van der Waals surface area contributed by atoms with Crippen LogP contribution in [-0.4, -0.2) is 5.78 Å². The first kappa shape index (κ1) is 18.4. The molecule has 0 fully saturated rings. The number of nitriles is 1. The fourth-order valence-corrected chi connectivity index (χ4v) is 4.11. The third-order valence-electron chi connectivity index (χ3n) is 5.13. The molecule has 2 aromatic rings. The van der Waals surface area contributed by atoms with Crippen molar-refractivity contribution in [3.63, 3.8) is 0 Å². The van der Waals surface area contributed by atoms with Gasteiger partial charge in [0, 0.05) is 24.0 Å². The quantitative estimate of drug-likeness (QED) is 0.769. The Morgan fingerprint density at radius 3 is 2.68 bits per heavy atom. The first-order chi connectivity index (χ1) is 13.3. The lowest BCUT2D eigenvalue weighted by Crippen LogP contribution is -2.33. The lowest BCUT2D eigenvalue weighted by molar-refractivity contribution is -0.119. The number of rotatable bonds is 2. The summed E-state index contributed by atoms with van der Waals surface area (Å²) in [5.41, 5.74) is 7.19. The average molecular weight is 395 g/mol. The highest BCUT2D eigenvalue weighted by molar-refractivity contribution is 6.33. The molecule has 6 heteroatoms. The Labute approximate surface area is 168 Å². The van der Waals surface area contributed by atoms with Crippen molar-refractivity contribution < 1.29 is 13.9 Å². The summed E-state index contributed by atoms with van der Waals surface area (Å²) in [4.78, 5) is 13.0. The van der Waals surface area contributed by atoms with Gasteiger partial charge in [0.15, 0.2) is 5.78 Å². The summed E-state index contributed by atoms with van der Waals surface area (Å²) in [5, 5.41) is 10.2. The maximum absolute atomic E-state index is 13.0. The number of nitrogens with zero attached hydrogens (tertiary/aromatic N) is 1. The van der Waals surface area contributed by atoms with Crippen LogP contribution in [0.4, 0.5) is 0 Å². The van der Waals surface area contributed by atoms with E-state index >= 15 is 0 Å². The highest BCUT2D eigenvalue weighted by Crippen LogP contribution is 2.48. The van der Waals surface area contributed by atoms with Crippen LogP contribution >= 0.6 is 11.6 Å². The van der Waals surface area contributed by atoms with E-state index in [4.69, 9.17) is 26.5 Å². The van der Waals surface area contributed by atoms with Crippen LogP contribution in [0.1, 0.15) is 38.4 Å². The SMILES string of the molecule is CC1(C)CC(=O)C2=C(C1)OC(N)=C(C#N)C2c1ccc(-c2ccccc2Cl)o1. The number of halogens is 1. The van der Waals surface area contributed by atoms with E-state index in [1.54, 1.807) is 18.2 Å². The molecular weight excluding hydrogens is 376 g/mol. The summed E-state index contributed by atoms with van der Waals surface area (Å²) in [7, 11) is 0. The predicted molar refractivity (Wildman–Crippen MR) is 105 cm³/mol. The van der Waals surface area contributed by atoms with E-state index in [0.29, 0.717) is 40.7 Å². The molecule has 0 amide bonds. The van der Waals surface area contributed by atoms with Crippen molar-refractivity contribution in [2.75, 3.05) is 0 Å². The number of Topliss-reactive ketones (excluding diaryl/α,β-unsaturated/α-hetero) is 1. The van der Waals surface area contributed by atoms with Gasteiger partial charge in [-0.15, -0.1) is 0 Å². The molecular formula is C22H19ClN2O3. The minimum atomic E-state index is -0.673. The van der Waals surface area contributed by atoms with E-state index in [1.807, 2.05) is 32.0 Å². The lowest BCUT2D eigenvalue weighted by atomic mass is 9.71. The van der Waals surface area contributed by atoms with Crippen LogP contribution in [0, 0.1) is 16.7 Å². The smallest absolute Gasteiger partial charge is 0.205 e. The third-order valence-corrected chi connectivity index (χ3v) is 5.46. The van der Waals surface area contributed by atoms with Crippen molar-refractivity contribution >= 4 is 17.4 Å². The Morgan fingerprint density at radius 1 is 1.21 bits per heavy atom.